The van der Waals surface area contributed by atoms with Crippen molar-refractivity contribution >= 4 is 32.6 Å². The van der Waals surface area contributed by atoms with Gasteiger partial charge >= 0.3 is 0 Å². The van der Waals surface area contributed by atoms with E-state index in [1.807, 2.05) is 18.2 Å². The molecule has 0 unspecified atom stereocenters. The van der Waals surface area contributed by atoms with E-state index in [1.165, 1.54) is 11.3 Å². The summed E-state index contributed by atoms with van der Waals surface area (Å²) in [5.41, 5.74) is 1.49. The molecular formula is C18H19N3O4S. The maximum atomic E-state index is 13.0. The van der Waals surface area contributed by atoms with E-state index >= 15 is 0 Å². The van der Waals surface area contributed by atoms with Gasteiger partial charge in [0.2, 0.25) is 5.76 Å². The lowest BCUT2D eigenvalue weighted by Gasteiger charge is -2.21. The minimum absolute atomic E-state index is 0.00418. The Balaban J connectivity index is 1.70. The number of fused-ring (bicyclic) bond motifs is 1. The van der Waals surface area contributed by atoms with E-state index < -0.39 is 0 Å². The summed E-state index contributed by atoms with van der Waals surface area (Å²) in [4.78, 5) is 19.3. The molecule has 3 aromatic rings. The fraction of sp³-hybridized carbons (Fsp3) is 0.389. The van der Waals surface area contributed by atoms with E-state index in [0.717, 1.165) is 35.4 Å². The SMILES string of the molecule is COc1ccc2nc(N(C[C@H]3CCCO3)C(=O)c3cc(C)no3)sc2c1. The number of aromatic nitrogens is 2. The zero-order valence-electron chi connectivity index (χ0n) is 14.6. The molecule has 1 saturated heterocycles. The number of rotatable bonds is 5. The average molecular weight is 373 g/mol. The lowest BCUT2D eigenvalue weighted by Crippen LogP contribution is -2.37. The molecule has 0 spiro atoms. The van der Waals surface area contributed by atoms with Crippen LogP contribution in [0.3, 0.4) is 0 Å². The van der Waals surface area contributed by atoms with E-state index in [1.54, 1.807) is 25.0 Å². The molecule has 1 fully saturated rings. The van der Waals surface area contributed by atoms with Gasteiger partial charge in [-0.15, -0.1) is 0 Å². The molecule has 1 aliphatic heterocycles. The van der Waals surface area contributed by atoms with E-state index in [-0.39, 0.29) is 17.8 Å². The van der Waals surface area contributed by atoms with Gasteiger partial charge in [0.15, 0.2) is 5.13 Å². The van der Waals surface area contributed by atoms with Gasteiger partial charge < -0.3 is 14.0 Å². The normalized spacial score (nSPS) is 16.9. The first-order chi connectivity index (χ1) is 12.6. The number of aryl methyl sites for hydroxylation is 1. The van der Waals surface area contributed by atoms with Gasteiger partial charge in [0, 0.05) is 12.7 Å². The number of thiazole rings is 1. The van der Waals surface area contributed by atoms with Crippen LogP contribution in [0, 0.1) is 6.92 Å². The molecule has 1 aromatic carbocycles. The molecule has 8 heteroatoms. The Labute approximate surface area is 154 Å². The summed E-state index contributed by atoms with van der Waals surface area (Å²) < 4.78 is 17.1. The zero-order chi connectivity index (χ0) is 18.1. The number of hydrogen-bond donors (Lipinski definition) is 0. The van der Waals surface area contributed by atoms with Crippen LogP contribution in [0.15, 0.2) is 28.8 Å². The Bertz CT molecular complexity index is 930. The Hall–Kier alpha value is -2.45. The van der Waals surface area contributed by atoms with Crippen molar-refractivity contribution in [3.8, 4) is 5.75 Å². The molecule has 2 aromatic heterocycles. The molecule has 7 nitrogen and oxygen atoms in total. The van der Waals surface area contributed by atoms with E-state index in [0.29, 0.717) is 17.4 Å². The van der Waals surface area contributed by atoms with Crippen LogP contribution >= 0.6 is 11.3 Å². The number of hydrogen-bond acceptors (Lipinski definition) is 7. The first kappa shape index (κ1) is 17.0. The van der Waals surface area contributed by atoms with Crippen molar-refractivity contribution in [2.75, 3.05) is 25.2 Å². The van der Waals surface area contributed by atoms with Gasteiger partial charge in [-0.1, -0.05) is 16.5 Å². The topological polar surface area (TPSA) is 77.7 Å². The van der Waals surface area contributed by atoms with Gasteiger partial charge in [-0.05, 0) is 38.0 Å². The highest BCUT2D eigenvalue weighted by atomic mass is 32.1. The lowest BCUT2D eigenvalue weighted by atomic mass is 10.2. The van der Waals surface area contributed by atoms with E-state index in [9.17, 15) is 4.79 Å². The van der Waals surface area contributed by atoms with Crippen molar-refractivity contribution in [3.63, 3.8) is 0 Å². The monoisotopic (exact) mass is 373 g/mol. The Morgan fingerprint density at radius 3 is 3.00 bits per heavy atom. The van der Waals surface area contributed by atoms with E-state index in [2.05, 4.69) is 10.1 Å². The third-order valence-corrected chi connectivity index (χ3v) is 5.35. The number of nitrogens with zero attached hydrogens (tertiary/aromatic N) is 3. The van der Waals surface area contributed by atoms with Crippen LogP contribution < -0.4 is 9.64 Å². The number of carbonyl (C=O) groups excluding carboxylic acids is 1. The van der Waals surface area contributed by atoms with Crippen LogP contribution in [0.25, 0.3) is 10.2 Å². The Kier molecular flexibility index (Phi) is 4.60. The number of ether oxygens (including phenoxy) is 2. The minimum atomic E-state index is -0.257. The lowest BCUT2D eigenvalue weighted by molar-refractivity contribution is 0.0887. The molecule has 1 atom stereocenters. The van der Waals surface area contributed by atoms with Crippen molar-refractivity contribution in [1.82, 2.24) is 10.1 Å². The zero-order valence-corrected chi connectivity index (χ0v) is 15.4. The third kappa shape index (κ3) is 3.30. The molecule has 136 valence electrons. The first-order valence-corrected chi connectivity index (χ1v) is 9.27. The van der Waals surface area contributed by atoms with Crippen molar-refractivity contribution in [2.24, 2.45) is 0 Å². The minimum Gasteiger partial charge on any atom is -0.497 e. The smallest absolute Gasteiger partial charge is 0.298 e. The summed E-state index contributed by atoms with van der Waals surface area (Å²) in [5, 5.41) is 4.44. The van der Waals surface area contributed by atoms with Crippen LogP contribution in [0.5, 0.6) is 5.75 Å². The number of methoxy groups -OCH3 is 1. The van der Waals surface area contributed by atoms with Gasteiger partial charge in [-0.3, -0.25) is 9.69 Å². The number of anilines is 1. The van der Waals surface area contributed by atoms with Gasteiger partial charge in [-0.2, -0.15) is 0 Å². The molecule has 0 bridgehead atoms. The van der Waals surface area contributed by atoms with Gasteiger partial charge in [0.05, 0.1) is 35.7 Å². The van der Waals surface area contributed by atoms with Gasteiger partial charge in [0.25, 0.3) is 5.91 Å². The summed E-state index contributed by atoms with van der Waals surface area (Å²) in [6.45, 7) is 2.95. The van der Waals surface area contributed by atoms with Gasteiger partial charge in [-0.25, -0.2) is 4.98 Å². The van der Waals surface area contributed by atoms with Crippen molar-refractivity contribution in [2.45, 2.75) is 25.9 Å². The highest BCUT2D eigenvalue weighted by Crippen LogP contribution is 2.33. The summed E-state index contributed by atoms with van der Waals surface area (Å²) in [6.07, 6.45) is 1.94. The second-order valence-corrected chi connectivity index (χ2v) is 7.22. The second kappa shape index (κ2) is 7.05. The van der Waals surface area contributed by atoms with E-state index in [4.69, 9.17) is 14.0 Å². The highest BCUT2D eigenvalue weighted by molar-refractivity contribution is 7.22. The van der Waals surface area contributed by atoms with Crippen LogP contribution in [0.2, 0.25) is 0 Å². The first-order valence-electron chi connectivity index (χ1n) is 8.45. The summed E-state index contributed by atoms with van der Waals surface area (Å²) in [5.74, 6) is 0.708. The molecule has 0 N–H and O–H groups in total. The predicted octanol–water partition coefficient (Wildman–Crippen LogP) is 3.43. The fourth-order valence-corrected chi connectivity index (χ4v) is 3.97. The maximum Gasteiger partial charge on any atom is 0.298 e. The number of carbonyl (C=O) groups is 1. The largest absolute Gasteiger partial charge is 0.497 e. The summed E-state index contributed by atoms with van der Waals surface area (Å²) in [6, 6.07) is 7.31. The number of amides is 1. The molecular weight excluding hydrogens is 354 g/mol. The standard InChI is InChI=1S/C18H19N3O4S/c1-11-8-15(25-20-11)17(22)21(10-13-4-3-7-24-13)18-19-14-6-5-12(23-2)9-16(14)26-18/h5-6,8-9,13H,3-4,7,10H2,1-2H3/t13-/m1/s1. The molecule has 1 amide bonds. The van der Waals surface area contributed by atoms with Crippen molar-refractivity contribution in [1.29, 1.82) is 0 Å². The molecule has 3 heterocycles. The number of benzene rings is 1. The van der Waals surface area contributed by atoms with Crippen LogP contribution in [0.4, 0.5) is 5.13 Å². The average Bonchev–Trinajstić information content (AvgIpc) is 3.38. The molecule has 1 aliphatic rings. The molecule has 0 saturated carbocycles. The predicted molar refractivity (Wildman–Crippen MR) is 98.1 cm³/mol. The van der Waals surface area contributed by atoms with Gasteiger partial charge in [0.1, 0.15) is 5.75 Å². The Morgan fingerprint density at radius 2 is 2.31 bits per heavy atom. The second-order valence-electron chi connectivity index (χ2n) is 6.21. The fourth-order valence-electron chi connectivity index (χ4n) is 2.97. The highest BCUT2D eigenvalue weighted by Gasteiger charge is 2.29. The maximum absolute atomic E-state index is 13.0. The molecule has 4 rings (SSSR count). The Morgan fingerprint density at radius 1 is 1.42 bits per heavy atom. The molecule has 0 radical (unpaired) electrons. The van der Waals surface area contributed by atoms with Crippen LogP contribution in [-0.4, -0.2) is 42.4 Å². The molecule has 0 aliphatic carbocycles. The molecule has 26 heavy (non-hydrogen) atoms. The summed E-state index contributed by atoms with van der Waals surface area (Å²) in [7, 11) is 1.63. The summed E-state index contributed by atoms with van der Waals surface area (Å²) >= 11 is 1.44. The van der Waals surface area contributed by atoms with Crippen molar-refractivity contribution in [3.05, 3.63) is 35.7 Å². The van der Waals surface area contributed by atoms with Crippen LogP contribution in [0.1, 0.15) is 29.1 Å². The quantitative estimate of drug-likeness (QED) is 0.682. The third-order valence-electron chi connectivity index (χ3n) is 4.31. The van der Waals surface area contributed by atoms with Crippen LogP contribution in [-0.2, 0) is 4.74 Å². The van der Waals surface area contributed by atoms with Crippen molar-refractivity contribution < 1.29 is 18.8 Å².